The van der Waals surface area contributed by atoms with E-state index in [4.69, 9.17) is 4.74 Å². The van der Waals surface area contributed by atoms with Crippen molar-refractivity contribution in [1.29, 1.82) is 0 Å². The molecule has 31 heavy (non-hydrogen) atoms. The van der Waals surface area contributed by atoms with E-state index in [1.807, 2.05) is 24.3 Å². The lowest BCUT2D eigenvalue weighted by Gasteiger charge is -2.14. The summed E-state index contributed by atoms with van der Waals surface area (Å²) in [6.45, 7) is 2.17. The molecule has 0 saturated carbocycles. The highest BCUT2D eigenvalue weighted by Gasteiger charge is 2.10. The van der Waals surface area contributed by atoms with Gasteiger partial charge in [0.2, 0.25) is 0 Å². The number of rotatable bonds is 12. The van der Waals surface area contributed by atoms with Crippen molar-refractivity contribution in [2.45, 2.75) is 32.2 Å². The summed E-state index contributed by atoms with van der Waals surface area (Å²) in [4.78, 5) is 0. The van der Waals surface area contributed by atoms with Gasteiger partial charge in [0.1, 0.15) is 5.75 Å². The van der Waals surface area contributed by atoms with Crippen molar-refractivity contribution in [3.05, 3.63) is 101 Å². The maximum atomic E-state index is 10.3. The van der Waals surface area contributed by atoms with E-state index in [0.717, 1.165) is 24.9 Å². The SMILES string of the molecule is OCc1cc(C(O)CNCCc2cccc(COCCc3ccccc3)c2)ccc1O. The molecule has 0 aliphatic carbocycles. The molecule has 4 N–H and O–H groups in total. The second-order valence-corrected chi connectivity index (χ2v) is 7.62. The quantitative estimate of drug-likeness (QED) is 0.337. The Labute approximate surface area is 184 Å². The van der Waals surface area contributed by atoms with E-state index in [1.54, 1.807) is 12.1 Å². The zero-order chi connectivity index (χ0) is 21.9. The standard InChI is InChI=1S/C26H31NO4/c28-18-24-16-23(9-10-25(24)29)26(30)17-27-13-11-21-7-4-8-22(15-21)19-31-14-12-20-5-2-1-3-6-20/h1-10,15-16,26-30H,11-14,17-19H2. The first-order valence-electron chi connectivity index (χ1n) is 10.7. The smallest absolute Gasteiger partial charge is 0.121 e. The van der Waals surface area contributed by atoms with Crippen molar-refractivity contribution < 1.29 is 20.1 Å². The molecule has 164 valence electrons. The highest BCUT2D eigenvalue weighted by molar-refractivity contribution is 5.36. The van der Waals surface area contributed by atoms with Gasteiger partial charge in [0.25, 0.3) is 0 Å². The normalized spacial score (nSPS) is 12.1. The van der Waals surface area contributed by atoms with Crippen molar-refractivity contribution in [3.8, 4) is 5.75 Å². The number of aliphatic hydroxyl groups excluding tert-OH is 2. The summed E-state index contributed by atoms with van der Waals surface area (Å²) in [7, 11) is 0. The fraction of sp³-hybridized carbons (Fsp3) is 0.308. The number of aliphatic hydroxyl groups is 2. The van der Waals surface area contributed by atoms with E-state index in [0.29, 0.717) is 30.9 Å². The molecule has 0 spiro atoms. The molecule has 1 atom stereocenters. The van der Waals surface area contributed by atoms with Crippen LogP contribution >= 0.6 is 0 Å². The average Bonchev–Trinajstić information content (AvgIpc) is 2.81. The Morgan fingerprint density at radius 2 is 1.61 bits per heavy atom. The van der Waals surface area contributed by atoms with Gasteiger partial charge in [-0.1, -0.05) is 60.7 Å². The first-order valence-corrected chi connectivity index (χ1v) is 10.7. The lowest BCUT2D eigenvalue weighted by molar-refractivity contribution is 0.124. The largest absolute Gasteiger partial charge is 0.508 e. The van der Waals surface area contributed by atoms with Crippen LogP contribution in [0.1, 0.15) is 33.9 Å². The van der Waals surface area contributed by atoms with Crippen LogP contribution in [0.25, 0.3) is 0 Å². The fourth-order valence-electron chi connectivity index (χ4n) is 3.43. The number of phenols is 1. The van der Waals surface area contributed by atoms with Crippen LogP contribution in [0.5, 0.6) is 5.75 Å². The van der Waals surface area contributed by atoms with E-state index >= 15 is 0 Å². The number of benzene rings is 3. The molecule has 1 unspecified atom stereocenters. The summed E-state index contributed by atoms with van der Waals surface area (Å²) in [6, 6.07) is 23.5. The molecule has 3 aromatic rings. The van der Waals surface area contributed by atoms with Crippen LogP contribution in [0.2, 0.25) is 0 Å². The van der Waals surface area contributed by atoms with E-state index < -0.39 is 6.10 Å². The molecule has 0 aliphatic rings. The third-order valence-corrected chi connectivity index (χ3v) is 5.22. The van der Waals surface area contributed by atoms with Crippen molar-refractivity contribution in [3.63, 3.8) is 0 Å². The van der Waals surface area contributed by atoms with Gasteiger partial charge in [-0.05, 0) is 53.8 Å². The molecule has 3 aromatic carbocycles. The monoisotopic (exact) mass is 421 g/mol. The third-order valence-electron chi connectivity index (χ3n) is 5.22. The number of nitrogens with one attached hydrogen (secondary N) is 1. The minimum atomic E-state index is -0.699. The second kappa shape index (κ2) is 12.2. The van der Waals surface area contributed by atoms with Crippen molar-refractivity contribution >= 4 is 0 Å². The van der Waals surface area contributed by atoms with Crippen LogP contribution in [0, 0.1) is 0 Å². The lowest BCUT2D eigenvalue weighted by Crippen LogP contribution is -2.23. The highest BCUT2D eigenvalue weighted by atomic mass is 16.5. The molecule has 3 rings (SSSR count). The molecule has 5 nitrogen and oxygen atoms in total. The summed E-state index contributed by atoms with van der Waals surface area (Å²) in [5.74, 6) is 0.0373. The van der Waals surface area contributed by atoms with Crippen LogP contribution in [-0.2, 0) is 30.8 Å². The zero-order valence-corrected chi connectivity index (χ0v) is 17.7. The van der Waals surface area contributed by atoms with Gasteiger partial charge < -0.3 is 25.4 Å². The predicted octanol–water partition coefficient (Wildman–Crippen LogP) is 3.51. The predicted molar refractivity (Wildman–Crippen MR) is 122 cm³/mol. The number of aromatic hydroxyl groups is 1. The Morgan fingerprint density at radius 1 is 0.839 bits per heavy atom. The Balaban J connectivity index is 1.37. The van der Waals surface area contributed by atoms with Gasteiger partial charge in [0, 0.05) is 12.1 Å². The minimum absolute atomic E-state index is 0.0373. The molecule has 0 bridgehead atoms. The van der Waals surface area contributed by atoms with Gasteiger partial charge in [-0.15, -0.1) is 0 Å². The Bertz CT molecular complexity index is 930. The molecule has 0 radical (unpaired) electrons. The maximum absolute atomic E-state index is 10.3. The van der Waals surface area contributed by atoms with Crippen molar-refractivity contribution in [2.75, 3.05) is 19.7 Å². The Hall–Kier alpha value is -2.70. The van der Waals surface area contributed by atoms with Gasteiger partial charge in [-0.3, -0.25) is 0 Å². The molecular weight excluding hydrogens is 390 g/mol. The molecule has 0 aliphatic heterocycles. The second-order valence-electron chi connectivity index (χ2n) is 7.62. The Kier molecular flexibility index (Phi) is 9.06. The topological polar surface area (TPSA) is 82.0 Å². The van der Waals surface area contributed by atoms with Gasteiger partial charge in [0.05, 0.1) is 25.9 Å². The van der Waals surface area contributed by atoms with E-state index in [1.165, 1.54) is 17.2 Å². The summed E-state index contributed by atoms with van der Waals surface area (Å²) in [5, 5.41) is 32.5. The molecular formula is C26H31NO4. The number of hydrogen-bond acceptors (Lipinski definition) is 5. The summed E-state index contributed by atoms with van der Waals surface area (Å²) in [5.41, 5.74) is 4.75. The fourth-order valence-corrected chi connectivity index (χ4v) is 3.43. The van der Waals surface area contributed by atoms with Crippen molar-refractivity contribution in [1.82, 2.24) is 5.32 Å². The van der Waals surface area contributed by atoms with E-state index in [9.17, 15) is 15.3 Å². The van der Waals surface area contributed by atoms with Gasteiger partial charge in [0.15, 0.2) is 0 Å². The molecule has 0 aromatic heterocycles. The Morgan fingerprint density at radius 3 is 2.42 bits per heavy atom. The molecule has 0 heterocycles. The third kappa shape index (κ3) is 7.49. The summed E-state index contributed by atoms with van der Waals surface area (Å²) >= 11 is 0. The lowest BCUT2D eigenvalue weighted by atomic mass is 10.0. The van der Waals surface area contributed by atoms with Gasteiger partial charge >= 0.3 is 0 Å². The molecule has 0 saturated heterocycles. The average molecular weight is 422 g/mol. The highest BCUT2D eigenvalue weighted by Crippen LogP contribution is 2.22. The van der Waals surface area contributed by atoms with Crippen LogP contribution in [0.4, 0.5) is 0 Å². The first-order chi connectivity index (χ1) is 15.2. The summed E-state index contributed by atoms with van der Waals surface area (Å²) in [6.07, 6.45) is 1.06. The van der Waals surface area contributed by atoms with Crippen molar-refractivity contribution in [2.24, 2.45) is 0 Å². The number of ether oxygens (including phenoxy) is 1. The molecule has 5 heteroatoms. The van der Waals surface area contributed by atoms with Crippen LogP contribution in [0.3, 0.4) is 0 Å². The van der Waals surface area contributed by atoms with Crippen LogP contribution in [-0.4, -0.2) is 35.0 Å². The first kappa shape index (κ1) is 23.0. The van der Waals surface area contributed by atoms with E-state index in [2.05, 4.69) is 35.6 Å². The number of hydrogen-bond donors (Lipinski definition) is 4. The maximum Gasteiger partial charge on any atom is 0.121 e. The van der Waals surface area contributed by atoms with Gasteiger partial charge in [-0.2, -0.15) is 0 Å². The van der Waals surface area contributed by atoms with E-state index in [-0.39, 0.29) is 12.4 Å². The summed E-state index contributed by atoms with van der Waals surface area (Å²) < 4.78 is 5.83. The molecule has 0 amide bonds. The zero-order valence-electron chi connectivity index (χ0n) is 17.7. The van der Waals surface area contributed by atoms with Crippen LogP contribution in [0.15, 0.2) is 72.8 Å². The minimum Gasteiger partial charge on any atom is -0.508 e. The van der Waals surface area contributed by atoms with Crippen LogP contribution < -0.4 is 5.32 Å². The van der Waals surface area contributed by atoms with Gasteiger partial charge in [-0.25, -0.2) is 0 Å². The molecule has 0 fully saturated rings.